The molecular weight excluding hydrogens is 508 g/mol. The molecule has 2 heterocycles. The largest absolute Gasteiger partial charge is 0.475 e. The van der Waals surface area contributed by atoms with Crippen molar-refractivity contribution in [2.75, 3.05) is 19.8 Å². The summed E-state index contributed by atoms with van der Waals surface area (Å²) < 4.78 is 59.1. The first-order valence-electron chi connectivity index (χ1n) is 10.3. The van der Waals surface area contributed by atoms with Gasteiger partial charge in [0.15, 0.2) is 24.1 Å². The number of hydrogen-bond acceptors (Lipinski definition) is 12. The van der Waals surface area contributed by atoms with Crippen LogP contribution in [-0.2, 0) is 41.9 Å². The normalized spacial score (nSPS) is 21.5. The number of amides is 1. The lowest BCUT2D eigenvalue weighted by molar-refractivity contribution is -0.165. The number of phosphoric acid groups is 1. The smallest absolute Gasteiger partial charge is 0.456 e. The molecule has 4 atom stereocenters. The van der Waals surface area contributed by atoms with Crippen LogP contribution in [0.3, 0.4) is 0 Å². The zero-order valence-electron chi connectivity index (χ0n) is 19.4. The average molecular weight is 533 g/mol. The molecule has 198 valence electrons. The second-order valence-corrected chi connectivity index (χ2v) is 8.78. The van der Waals surface area contributed by atoms with Crippen LogP contribution in [0.4, 0.5) is 4.39 Å². The lowest BCUT2D eigenvalue weighted by atomic mass is 10.1. The van der Waals surface area contributed by atoms with Gasteiger partial charge >= 0.3 is 19.8 Å². The van der Waals surface area contributed by atoms with E-state index in [-0.39, 0.29) is 13.2 Å². The summed E-state index contributed by atoms with van der Waals surface area (Å²) in [5.41, 5.74) is 2.96. The number of carbonyl (C=O) groups excluding carboxylic acids is 3. The number of nitrogens with zero attached hydrogens (tertiary/aromatic N) is 2. The minimum absolute atomic E-state index is 0.215. The Balaban J connectivity index is 2.48. The Morgan fingerprint density at radius 3 is 2.19 bits per heavy atom. The van der Waals surface area contributed by atoms with Gasteiger partial charge in [-0.05, 0) is 0 Å². The van der Waals surface area contributed by atoms with E-state index in [0.717, 1.165) is 13.8 Å². The van der Waals surface area contributed by atoms with E-state index in [4.69, 9.17) is 33.5 Å². The highest BCUT2D eigenvalue weighted by atomic mass is 31.2. The van der Waals surface area contributed by atoms with Gasteiger partial charge in [0.1, 0.15) is 6.10 Å². The van der Waals surface area contributed by atoms with Crippen LogP contribution in [0.15, 0.2) is 36.3 Å². The Bertz CT molecular complexity index is 1110. The maximum Gasteiger partial charge on any atom is 0.475 e. The predicted octanol–water partition coefficient (Wildman–Crippen LogP) is 0.772. The number of primary amides is 1. The first-order chi connectivity index (χ1) is 16.9. The highest BCUT2D eigenvalue weighted by Gasteiger charge is 2.51. The molecule has 36 heavy (non-hydrogen) atoms. The predicted molar refractivity (Wildman–Crippen MR) is 118 cm³/mol. The average Bonchev–Trinajstić information content (AvgIpc) is 3.12. The molecule has 0 spiro atoms. The molecular formula is C20H25FN3O11P. The fourth-order valence-corrected chi connectivity index (χ4v) is 4.24. The van der Waals surface area contributed by atoms with Crippen LogP contribution in [0.5, 0.6) is 0 Å². The van der Waals surface area contributed by atoms with Gasteiger partial charge in [-0.3, -0.25) is 37.3 Å². The van der Waals surface area contributed by atoms with Crippen molar-refractivity contribution in [3.8, 4) is 0 Å². The van der Waals surface area contributed by atoms with Gasteiger partial charge in [0, 0.05) is 13.8 Å². The van der Waals surface area contributed by atoms with Crippen molar-refractivity contribution in [3.63, 3.8) is 0 Å². The van der Waals surface area contributed by atoms with E-state index >= 15 is 0 Å². The Morgan fingerprint density at radius 1 is 1.14 bits per heavy atom. The Hall–Kier alpha value is -3.23. The van der Waals surface area contributed by atoms with E-state index in [9.17, 15) is 28.1 Å². The molecule has 0 radical (unpaired) electrons. The lowest BCUT2D eigenvalue weighted by Gasteiger charge is -2.24. The zero-order chi connectivity index (χ0) is 27.0. The Morgan fingerprint density at radius 2 is 1.69 bits per heavy atom. The summed E-state index contributed by atoms with van der Waals surface area (Å²) in [6, 6.07) is 0. The second kappa shape index (κ2) is 12.6. The number of halogens is 1. The molecule has 0 aliphatic carbocycles. The summed E-state index contributed by atoms with van der Waals surface area (Å²) in [6.07, 6.45) is -2.82. The van der Waals surface area contributed by atoms with Gasteiger partial charge < -0.3 is 19.9 Å². The molecule has 1 aromatic heterocycles. The number of nitrogens with two attached hydrogens (primary N) is 1. The highest BCUT2D eigenvalue weighted by molar-refractivity contribution is 7.48. The van der Waals surface area contributed by atoms with Crippen LogP contribution < -0.4 is 11.3 Å². The minimum Gasteiger partial charge on any atom is -0.456 e. The van der Waals surface area contributed by atoms with E-state index in [1.54, 1.807) is 0 Å². The minimum atomic E-state index is -4.21. The van der Waals surface area contributed by atoms with Crippen LogP contribution in [0, 0.1) is 5.95 Å². The monoisotopic (exact) mass is 533 g/mol. The van der Waals surface area contributed by atoms with Gasteiger partial charge in [0.2, 0.25) is 5.95 Å². The van der Waals surface area contributed by atoms with Crippen molar-refractivity contribution in [1.29, 1.82) is 0 Å². The first-order valence-corrected chi connectivity index (χ1v) is 11.7. The summed E-state index contributed by atoms with van der Waals surface area (Å²) >= 11 is 0. The standard InChI is InChI=1S/C20H25FN3O11P/c1-5-7-30-36(29,31-8-6-2)32-10-13-16(33-11(3)25)17(34-12(4)26)20(35-13)24-9-14(21)23-15(18(22)27)19(24)28/h5-6,9,13,16-17,20H,1-2,7-8,10H2,3-4H3,(H2,22,27)/t13-,16+,17-,20-/m1/s1. The molecule has 1 amide bonds. The summed E-state index contributed by atoms with van der Waals surface area (Å²) in [4.78, 5) is 51.0. The maximum atomic E-state index is 14.1. The van der Waals surface area contributed by atoms with Gasteiger partial charge in [0.25, 0.3) is 11.5 Å². The van der Waals surface area contributed by atoms with Crippen LogP contribution >= 0.6 is 7.82 Å². The molecule has 16 heteroatoms. The number of rotatable bonds is 13. The summed E-state index contributed by atoms with van der Waals surface area (Å²) in [6.45, 7) is 7.87. The fraction of sp³-hybridized carbons (Fsp3) is 0.450. The lowest BCUT2D eigenvalue weighted by Crippen LogP contribution is -2.42. The molecule has 1 aromatic rings. The number of hydrogen-bond donors (Lipinski definition) is 1. The SMILES string of the molecule is C=CCOP(=O)(OCC=C)OC[C@H]1O[C@@H](n2cc(F)nc(C(N)=O)c2=O)[C@H](OC(C)=O)[C@H]1OC(C)=O. The van der Waals surface area contributed by atoms with Crippen molar-refractivity contribution < 1.29 is 51.1 Å². The Labute approximate surface area is 204 Å². The van der Waals surface area contributed by atoms with Gasteiger partial charge in [-0.15, -0.1) is 13.2 Å². The molecule has 0 unspecified atom stereocenters. The molecule has 1 aliphatic heterocycles. The third kappa shape index (κ3) is 7.38. The highest BCUT2D eigenvalue weighted by Crippen LogP contribution is 2.50. The Kier molecular flexibility index (Phi) is 10.2. The zero-order valence-corrected chi connectivity index (χ0v) is 20.3. The number of phosphoric ester groups is 1. The van der Waals surface area contributed by atoms with Crippen molar-refractivity contribution >= 4 is 25.7 Å². The number of esters is 2. The second-order valence-electron chi connectivity index (χ2n) is 7.11. The molecule has 2 N–H and O–H groups in total. The van der Waals surface area contributed by atoms with Crippen molar-refractivity contribution in [1.82, 2.24) is 9.55 Å². The van der Waals surface area contributed by atoms with Crippen LogP contribution in [0.1, 0.15) is 30.6 Å². The number of ether oxygens (including phenoxy) is 3. The van der Waals surface area contributed by atoms with Crippen molar-refractivity contribution in [3.05, 3.63) is 53.5 Å². The van der Waals surface area contributed by atoms with Gasteiger partial charge in [0.05, 0.1) is 26.0 Å². The van der Waals surface area contributed by atoms with E-state index in [1.165, 1.54) is 12.2 Å². The van der Waals surface area contributed by atoms with Gasteiger partial charge in [-0.1, -0.05) is 12.2 Å². The van der Waals surface area contributed by atoms with Gasteiger partial charge in [-0.25, -0.2) is 9.55 Å². The van der Waals surface area contributed by atoms with E-state index in [0.29, 0.717) is 10.8 Å². The molecule has 1 aliphatic rings. The molecule has 0 saturated carbocycles. The summed E-state index contributed by atoms with van der Waals surface area (Å²) in [7, 11) is -4.21. The van der Waals surface area contributed by atoms with E-state index in [2.05, 4.69) is 18.1 Å². The molecule has 0 aromatic carbocycles. The van der Waals surface area contributed by atoms with Gasteiger partial charge in [-0.2, -0.15) is 4.39 Å². The summed E-state index contributed by atoms with van der Waals surface area (Å²) in [5, 5.41) is 0. The maximum absolute atomic E-state index is 14.1. The quantitative estimate of drug-likeness (QED) is 0.214. The van der Waals surface area contributed by atoms with Crippen LogP contribution in [-0.4, -0.2) is 65.5 Å². The summed E-state index contributed by atoms with van der Waals surface area (Å²) in [5.74, 6) is -4.32. The van der Waals surface area contributed by atoms with E-state index < -0.39 is 74.0 Å². The fourth-order valence-electron chi connectivity index (χ4n) is 3.11. The molecule has 2 rings (SSSR count). The third-order valence-corrected chi connectivity index (χ3v) is 5.79. The topological polar surface area (TPSA) is 185 Å². The van der Waals surface area contributed by atoms with Crippen LogP contribution in [0.2, 0.25) is 0 Å². The van der Waals surface area contributed by atoms with E-state index in [1.807, 2.05) is 0 Å². The number of carbonyl (C=O) groups is 3. The van der Waals surface area contributed by atoms with Crippen molar-refractivity contribution in [2.24, 2.45) is 5.73 Å². The third-order valence-electron chi connectivity index (χ3n) is 4.40. The first kappa shape index (κ1) is 29.0. The molecule has 0 bridgehead atoms. The van der Waals surface area contributed by atoms with Crippen molar-refractivity contribution in [2.45, 2.75) is 38.4 Å². The molecule has 14 nitrogen and oxygen atoms in total. The van der Waals surface area contributed by atoms with Crippen LogP contribution in [0.25, 0.3) is 0 Å². The molecule has 1 fully saturated rings. The number of aromatic nitrogens is 2. The molecule has 1 saturated heterocycles.